The first-order valence-electron chi connectivity index (χ1n) is 6.69. The van der Waals surface area contributed by atoms with E-state index in [9.17, 15) is 17.6 Å². The summed E-state index contributed by atoms with van der Waals surface area (Å²) in [7, 11) is -3.35. The van der Waals surface area contributed by atoms with Crippen LogP contribution in [0.4, 0.5) is 4.39 Å². The van der Waals surface area contributed by atoms with Gasteiger partial charge in [-0.15, -0.1) is 0 Å². The van der Waals surface area contributed by atoms with Crippen molar-refractivity contribution < 1.29 is 17.6 Å². The van der Waals surface area contributed by atoms with E-state index in [0.29, 0.717) is 13.1 Å². The summed E-state index contributed by atoms with van der Waals surface area (Å²) in [6.07, 6.45) is 0. The van der Waals surface area contributed by atoms with E-state index in [1.54, 1.807) is 11.8 Å². The normalized spacial score (nSPS) is 16.5. The second-order valence-corrected chi connectivity index (χ2v) is 8.88. The summed E-state index contributed by atoms with van der Waals surface area (Å²) in [5.41, 5.74) is 0.160. The number of amides is 1. The third-order valence-corrected chi connectivity index (χ3v) is 6.65. The van der Waals surface area contributed by atoms with Gasteiger partial charge in [0.05, 0.1) is 10.2 Å². The Labute approximate surface area is 141 Å². The van der Waals surface area contributed by atoms with Crippen LogP contribution in [-0.2, 0) is 10.0 Å². The van der Waals surface area contributed by atoms with Crippen molar-refractivity contribution in [3.8, 4) is 0 Å². The van der Waals surface area contributed by atoms with Gasteiger partial charge in [0.15, 0.2) is 0 Å². The van der Waals surface area contributed by atoms with E-state index in [1.165, 1.54) is 16.4 Å². The van der Waals surface area contributed by atoms with Crippen molar-refractivity contribution in [1.29, 1.82) is 0 Å². The zero-order valence-corrected chi connectivity index (χ0v) is 14.9. The third-order valence-electron chi connectivity index (χ3n) is 3.19. The molecule has 9 heteroatoms. The van der Waals surface area contributed by atoms with Gasteiger partial charge in [-0.2, -0.15) is 11.8 Å². The van der Waals surface area contributed by atoms with Gasteiger partial charge in [0.1, 0.15) is 5.82 Å². The maximum atomic E-state index is 13.4. The predicted molar refractivity (Wildman–Crippen MR) is 89.1 cm³/mol. The molecule has 1 saturated heterocycles. The number of sulfonamides is 1. The zero-order valence-electron chi connectivity index (χ0n) is 11.7. The van der Waals surface area contributed by atoms with E-state index < -0.39 is 21.7 Å². The van der Waals surface area contributed by atoms with Crippen LogP contribution in [0.1, 0.15) is 10.4 Å². The second kappa shape index (κ2) is 7.76. The molecule has 0 aliphatic carbocycles. The van der Waals surface area contributed by atoms with Gasteiger partial charge in [-0.25, -0.2) is 17.1 Å². The Bertz CT molecular complexity index is 649. The highest BCUT2D eigenvalue weighted by atomic mass is 79.9. The van der Waals surface area contributed by atoms with E-state index in [2.05, 4.69) is 21.2 Å². The van der Waals surface area contributed by atoms with Crippen LogP contribution in [-0.4, -0.2) is 55.5 Å². The molecule has 2 rings (SSSR count). The molecule has 1 aliphatic rings. The number of hydrogen-bond acceptors (Lipinski definition) is 4. The SMILES string of the molecule is O=C(NCCS(=O)(=O)N1CCSCC1)c1ccc(Br)c(F)c1. The Balaban J connectivity index is 1.87. The number of thioether (sulfide) groups is 1. The van der Waals surface area contributed by atoms with Gasteiger partial charge in [0.25, 0.3) is 5.91 Å². The smallest absolute Gasteiger partial charge is 0.251 e. The minimum absolute atomic E-state index is 0.00247. The van der Waals surface area contributed by atoms with E-state index in [0.717, 1.165) is 17.6 Å². The molecule has 0 saturated carbocycles. The number of hydrogen-bond donors (Lipinski definition) is 1. The molecule has 0 atom stereocenters. The van der Waals surface area contributed by atoms with Crippen LogP contribution in [0.5, 0.6) is 0 Å². The van der Waals surface area contributed by atoms with Gasteiger partial charge < -0.3 is 5.32 Å². The minimum Gasteiger partial charge on any atom is -0.351 e. The molecule has 0 bridgehead atoms. The number of benzene rings is 1. The van der Waals surface area contributed by atoms with Gasteiger partial charge in [0, 0.05) is 36.7 Å². The lowest BCUT2D eigenvalue weighted by Gasteiger charge is -2.25. The van der Waals surface area contributed by atoms with Crippen molar-refractivity contribution in [2.45, 2.75) is 0 Å². The summed E-state index contributed by atoms with van der Waals surface area (Å²) in [6.45, 7) is 1.03. The Morgan fingerprint density at radius 1 is 1.36 bits per heavy atom. The minimum atomic E-state index is -3.35. The zero-order chi connectivity index (χ0) is 16.2. The maximum Gasteiger partial charge on any atom is 0.251 e. The second-order valence-electron chi connectivity index (χ2n) is 4.71. The topological polar surface area (TPSA) is 66.5 Å². The number of halogens is 2. The van der Waals surface area contributed by atoms with Crippen LogP contribution in [0, 0.1) is 5.82 Å². The lowest BCUT2D eigenvalue weighted by atomic mass is 10.2. The molecule has 1 amide bonds. The lowest BCUT2D eigenvalue weighted by molar-refractivity contribution is 0.0955. The average Bonchev–Trinajstić information content (AvgIpc) is 2.50. The van der Waals surface area contributed by atoms with Crippen LogP contribution in [0.3, 0.4) is 0 Å². The van der Waals surface area contributed by atoms with E-state index in [-0.39, 0.29) is 22.3 Å². The highest BCUT2D eigenvalue weighted by Gasteiger charge is 2.23. The van der Waals surface area contributed by atoms with Gasteiger partial charge in [-0.3, -0.25) is 4.79 Å². The quantitative estimate of drug-likeness (QED) is 0.801. The molecule has 1 N–H and O–H groups in total. The highest BCUT2D eigenvalue weighted by Crippen LogP contribution is 2.16. The fourth-order valence-corrected chi connectivity index (χ4v) is 4.72. The molecule has 122 valence electrons. The largest absolute Gasteiger partial charge is 0.351 e. The monoisotopic (exact) mass is 410 g/mol. The third kappa shape index (κ3) is 4.68. The molecule has 0 unspecified atom stereocenters. The first-order chi connectivity index (χ1) is 10.4. The van der Waals surface area contributed by atoms with Crippen LogP contribution < -0.4 is 5.32 Å². The molecule has 1 aliphatic heterocycles. The van der Waals surface area contributed by atoms with Gasteiger partial charge >= 0.3 is 0 Å². The van der Waals surface area contributed by atoms with Crippen molar-refractivity contribution in [2.75, 3.05) is 36.9 Å². The molecular weight excluding hydrogens is 395 g/mol. The molecular formula is C13H16BrFN2O3S2. The Hall–Kier alpha value is -0.640. The standard InChI is InChI=1S/C13H16BrFN2O3S2/c14-11-2-1-10(9-12(11)15)13(18)16-3-8-22(19,20)17-4-6-21-7-5-17/h1-2,9H,3-8H2,(H,16,18). The van der Waals surface area contributed by atoms with E-state index in [4.69, 9.17) is 0 Å². The van der Waals surface area contributed by atoms with E-state index >= 15 is 0 Å². The summed E-state index contributed by atoms with van der Waals surface area (Å²) >= 11 is 4.74. The maximum absolute atomic E-state index is 13.4. The van der Waals surface area contributed by atoms with Crippen LogP contribution in [0.2, 0.25) is 0 Å². The van der Waals surface area contributed by atoms with Crippen LogP contribution >= 0.6 is 27.7 Å². The fourth-order valence-electron chi connectivity index (χ4n) is 1.99. The Kier molecular flexibility index (Phi) is 6.25. The molecule has 0 radical (unpaired) electrons. The first-order valence-corrected chi connectivity index (χ1v) is 10.2. The predicted octanol–water partition coefficient (Wildman–Crippen LogP) is 1.70. The number of nitrogens with one attached hydrogen (secondary N) is 1. The summed E-state index contributed by atoms with van der Waals surface area (Å²) in [5, 5.41) is 2.51. The fraction of sp³-hybridized carbons (Fsp3) is 0.462. The summed E-state index contributed by atoms with van der Waals surface area (Å²) in [4.78, 5) is 11.9. The van der Waals surface area contributed by atoms with Crippen molar-refractivity contribution in [3.63, 3.8) is 0 Å². The van der Waals surface area contributed by atoms with Gasteiger partial charge in [0.2, 0.25) is 10.0 Å². The van der Waals surface area contributed by atoms with Crippen molar-refractivity contribution in [1.82, 2.24) is 9.62 Å². The molecule has 0 aromatic heterocycles. The number of carbonyl (C=O) groups is 1. The average molecular weight is 411 g/mol. The molecule has 5 nitrogen and oxygen atoms in total. The number of carbonyl (C=O) groups excluding carboxylic acids is 1. The van der Waals surface area contributed by atoms with Crippen molar-refractivity contribution in [3.05, 3.63) is 34.1 Å². The molecule has 1 aromatic carbocycles. The first kappa shape index (κ1) is 17.7. The molecule has 1 fully saturated rings. The molecule has 1 heterocycles. The summed E-state index contributed by atoms with van der Waals surface area (Å²) in [5.74, 6) is 0.414. The summed E-state index contributed by atoms with van der Waals surface area (Å²) < 4.78 is 39.3. The van der Waals surface area contributed by atoms with E-state index in [1.807, 2.05) is 0 Å². The summed E-state index contributed by atoms with van der Waals surface area (Å²) in [6, 6.07) is 4.01. The van der Waals surface area contributed by atoms with Gasteiger partial charge in [-0.1, -0.05) is 0 Å². The molecule has 0 spiro atoms. The van der Waals surface area contributed by atoms with Crippen molar-refractivity contribution in [2.24, 2.45) is 0 Å². The number of nitrogens with zero attached hydrogens (tertiary/aromatic N) is 1. The van der Waals surface area contributed by atoms with Crippen molar-refractivity contribution >= 4 is 43.6 Å². The Morgan fingerprint density at radius 3 is 2.68 bits per heavy atom. The van der Waals surface area contributed by atoms with Crippen LogP contribution in [0.15, 0.2) is 22.7 Å². The lowest BCUT2D eigenvalue weighted by Crippen LogP contribution is -2.41. The molecule has 22 heavy (non-hydrogen) atoms. The highest BCUT2D eigenvalue weighted by molar-refractivity contribution is 9.10. The number of rotatable bonds is 5. The Morgan fingerprint density at radius 2 is 2.05 bits per heavy atom. The molecule has 1 aromatic rings. The van der Waals surface area contributed by atoms with Crippen LogP contribution in [0.25, 0.3) is 0 Å². The van der Waals surface area contributed by atoms with Gasteiger partial charge in [-0.05, 0) is 34.1 Å².